The van der Waals surface area contributed by atoms with Gasteiger partial charge in [0.25, 0.3) is 10.0 Å². The molecule has 1 aromatic heterocycles. The van der Waals surface area contributed by atoms with Crippen molar-refractivity contribution < 1.29 is 8.42 Å². The maximum Gasteiger partial charge on any atom is 0.262 e. The van der Waals surface area contributed by atoms with Crippen LogP contribution in [0.4, 0.5) is 0 Å². The molecule has 1 atom stereocenters. The first-order valence-corrected chi connectivity index (χ1v) is 8.09. The maximum absolute atomic E-state index is 12.4. The van der Waals surface area contributed by atoms with E-state index in [2.05, 4.69) is 4.98 Å². The second-order valence-corrected chi connectivity index (χ2v) is 6.84. The van der Waals surface area contributed by atoms with Crippen LogP contribution in [0.3, 0.4) is 0 Å². The van der Waals surface area contributed by atoms with Gasteiger partial charge in [-0.2, -0.15) is 4.31 Å². The zero-order valence-corrected chi connectivity index (χ0v) is 12.0. The Morgan fingerprint density at radius 1 is 1.56 bits per heavy atom. The molecule has 102 valence electrons. The molecule has 0 N–H and O–H groups in total. The van der Waals surface area contributed by atoms with E-state index in [1.165, 1.54) is 6.33 Å². The van der Waals surface area contributed by atoms with Crippen LogP contribution < -0.4 is 0 Å². The molecule has 0 amide bonds. The number of halogens is 1. The van der Waals surface area contributed by atoms with E-state index in [1.54, 1.807) is 22.1 Å². The van der Waals surface area contributed by atoms with Crippen molar-refractivity contribution in [3.05, 3.63) is 12.5 Å². The average molecular weight is 292 g/mol. The largest absolute Gasteiger partial charge is 0.339 e. The summed E-state index contributed by atoms with van der Waals surface area (Å²) in [6.45, 7) is 0.589. The van der Waals surface area contributed by atoms with Crippen LogP contribution in [0.5, 0.6) is 0 Å². The highest BCUT2D eigenvalue weighted by Crippen LogP contribution is 2.27. The first kappa shape index (κ1) is 13.8. The highest BCUT2D eigenvalue weighted by Gasteiger charge is 2.35. The molecule has 18 heavy (non-hydrogen) atoms. The molecular formula is C11H18ClN3O2S. The van der Waals surface area contributed by atoms with Gasteiger partial charge in [0.15, 0.2) is 5.03 Å². The Morgan fingerprint density at radius 3 is 2.94 bits per heavy atom. The average Bonchev–Trinajstić information content (AvgIpc) is 2.95. The van der Waals surface area contributed by atoms with E-state index in [0.717, 1.165) is 25.7 Å². The molecule has 2 heterocycles. The normalized spacial score (nSPS) is 21.6. The Hall–Kier alpha value is -0.590. The van der Waals surface area contributed by atoms with Gasteiger partial charge in [-0.1, -0.05) is 0 Å². The summed E-state index contributed by atoms with van der Waals surface area (Å²) in [5.74, 6) is 0.577. The monoisotopic (exact) mass is 291 g/mol. The second kappa shape index (κ2) is 5.59. The number of sulfonamides is 1. The van der Waals surface area contributed by atoms with E-state index in [9.17, 15) is 8.42 Å². The molecule has 1 fully saturated rings. The third kappa shape index (κ3) is 2.70. The van der Waals surface area contributed by atoms with Crippen LogP contribution in [0.15, 0.2) is 17.6 Å². The lowest BCUT2D eigenvalue weighted by Gasteiger charge is -2.22. The van der Waals surface area contributed by atoms with Gasteiger partial charge in [0.05, 0.1) is 6.33 Å². The lowest BCUT2D eigenvalue weighted by atomic mass is 10.1. The summed E-state index contributed by atoms with van der Waals surface area (Å²) in [7, 11) is -1.67. The van der Waals surface area contributed by atoms with Crippen molar-refractivity contribution in [1.29, 1.82) is 0 Å². The summed E-state index contributed by atoms with van der Waals surface area (Å²) in [6, 6.07) is 0.0794. The van der Waals surface area contributed by atoms with Crippen molar-refractivity contribution in [2.24, 2.45) is 7.05 Å². The molecule has 2 rings (SSSR count). The van der Waals surface area contributed by atoms with Crippen molar-refractivity contribution in [2.75, 3.05) is 12.4 Å². The Labute approximate surface area is 113 Å². The minimum Gasteiger partial charge on any atom is -0.339 e. The number of imidazole rings is 1. The fourth-order valence-electron chi connectivity index (χ4n) is 2.37. The Balaban J connectivity index is 2.18. The summed E-state index contributed by atoms with van der Waals surface area (Å²) in [5.41, 5.74) is 0. The van der Waals surface area contributed by atoms with E-state index >= 15 is 0 Å². The number of rotatable bonds is 5. The van der Waals surface area contributed by atoms with Gasteiger partial charge in [0.1, 0.15) is 0 Å². The fraction of sp³-hybridized carbons (Fsp3) is 0.727. The van der Waals surface area contributed by atoms with Crippen LogP contribution in [0, 0.1) is 0 Å². The van der Waals surface area contributed by atoms with E-state index < -0.39 is 10.0 Å². The van der Waals surface area contributed by atoms with E-state index in [1.807, 2.05) is 0 Å². The summed E-state index contributed by atoms with van der Waals surface area (Å²) < 4.78 is 28.1. The van der Waals surface area contributed by atoms with Crippen LogP contribution in [0.1, 0.15) is 25.7 Å². The van der Waals surface area contributed by atoms with Crippen molar-refractivity contribution in [1.82, 2.24) is 13.9 Å². The first-order valence-electron chi connectivity index (χ1n) is 6.11. The van der Waals surface area contributed by atoms with Crippen LogP contribution in [-0.4, -0.2) is 40.7 Å². The molecule has 0 aromatic carbocycles. The van der Waals surface area contributed by atoms with Crippen LogP contribution in [0.2, 0.25) is 0 Å². The molecule has 1 aromatic rings. The van der Waals surface area contributed by atoms with Crippen molar-refractivity contribution in [3.8, 4) is 0 Å². The lowest BCUT2D eigenvalue weighted by Crippen LogP contribution is -2.35. The standard InChI is InChI=1S/C11H18ClN3O2S/c1-14-8-11(13-9-14)18(16,17)15-7-3-5-10(15)4-2-6-12/h8-10H,2-7H2,1H3. The van der Waals surface area contributed by atoms with E-state index in [0.29, 0.717) is 12.4 Å². The molecule has 1 aliphatic rings. The molecule has 5 nitrogen and oxygen atoms in total. The topological polar surface area (TPSA) is 55.2 Å². The molecule has 0 saturated carbocycles. The zero-order chi connectivity index (χ0) is 13.2. The number of hydrogen-bond acceptors (Lipinski definition) is 3. The van der Waals surface area contributed by atoms with Gasteiger partial charge in [-0.25, -0.2) is 13.4 Å². The smallest absolute Gasteiger partial charge is 0.262 e. The molecule has 1 unspecified atom stereocenters. The predicted molar refractivity (Wildman–Crippen MR) is 70.1 cm³/mol. The Kier molecular flexibility index (Phi) is 4.29. The summed E-state index contributed by atoms with van der Waals surface area (Å²) >= 11 is 5.68. The molecule has 0 bridgehead atoms. The SMILES string of the molecule is Cn1cnc(S(=O)(=O)N2CCCC2CCCCl)c1. The summed E-state index contributed by atoms with van der Waals surface area (Å²) in [4.78, 5) is 3.95. The highest BCUT2D eigenvalue weighted by atomic mass is 35.5. The van der Waals surface area contributed by atoms with Gasteiger partial charge >= 0.3 is 0 Å². The minimum atomic E-state index is -3.44. The van der Waals surface area contributed by atoms with Crippen LogP contribution in [-0.2, 0) is 17.1 Å². The van der Waals surface area contributed by atoms with Crippen molar-refractivity contribution in [3.63, 3.8) is 0 Å². The molecule has 1 aliphatic heterocycles. The third-order valence-electron chi connectivity index (χ3n) is 3.25. The number of alkyl halides is 1. The number of aryl methyl sites for hydroxylation is 1. The van der Waals surface area contributed by atoms with Gasteiger partial charge in [-0.3, -0.25) is 0 Å². The molecule has 1 saturated heterocycles. The summed E-state index contributed by atoms with van der Waals surface area (Å²) in [6.07, 6.45) is 6.57. The maximum atomic E-state index is 12.4. The van der Waals surface area contributed by atoms with E-state index in [-0.39, 0.29) is 11.1 Å². The Morgan fingerprint density at radius 2 is 2.33 bits per heavy atom. The first-order chi connectivity index (χ1) is 8.55. The fourth-order valence-corrected chi connectivity index (χ4v) is 4.22. The molecule has 0 radical (unpaired) electrons. The van der Waals surface area contributed by atoms with Crippen LogP contribution >= 0.6 is 11.6 Å². The number of nitrogens with zero attached hydrogens (tertiary/aromatic N) is 3. The molecule has 7 heteroatoms. The molecular weight excluding hydrogens is 274 g/mol. The minimum absolute atomic E-state index is 0.0794. The van der Waals surface area contributed by atoms with Crippen molar-refractivity contribution in [2.45, 2.75) is 36.8 Å². The second-order valence-electron chi connectivity index (χ2n) is 4.62. The van der Waals surface area contributed by atoms with Gasteiger partial charge < -0.3 is 4.57 Å². The van der Waals surface area contributed by atoms with Crippen LogP contribution in [0.25, 0.3) is 0 Å². The zero-order valence-electron chi connectivity index (χ0n) is 10.4. The molecule has 0 aliphatic carbocycles. The highest BCUT2D eigenvalue weighted by molar-refractivity contribution is 7.89. The summed E-state index contributed by atoms with van der Waals surface area (Å²) in [5, 5.41) is 0.141. The quantitative estimate of drug-likeness (QED) is 0.774. The van der Waals surface area contributed by atoms with Crippen molar-refractivity contribution >= 4 is 21.6 Å². The molecule has 0 spiro atoms. The third-order valence-corrected chi connectivity index (χ3v) is 5.35. The van der Waals surface area contributed by atoms with Gasteiger partial charge in [0.2, 0.25) is 0 Å². The van der Waals surface area contributed by atoms with Gasteiger partial charge in [0, 0.05) is 31.7 Å². The predicted octanol–water partition coefficient (Wildman–Crippen LogP) is 1.59. The number of aromatic nitrogens is 2. The lowest BCUT2D eigenvalue weighted by molar-refractivity contribution is 0.367. The Bertz CT molecular complexity index is 500. The van der Waals surface area contributed by atoms with E-state index in [4.69, 9.17) is 11.6 Å². The number of hydrogen-bond donors (Lipinski definition) is 0. The van der Waals surface area contributed by atoms with Gasteiger partial charge in [-0.15, -0.1) is 11.6 Å². The van der Waals surface area contributed by atoms with Gasteiger partial charge in [-0.05, 0) is 25.7 Å².